The number of benzene rings is 2. The number of carbonyl (C=O) groups excluding carboxylic acids is 1. The Hall–Kier alpha value is -2.33. The molecule has 2 rings (SSSR count). The summed E-state index contributed by atoms with van der Waals surface area (Å²) in [4.78, 5) is 14.1. The molecule has 0 aromatic heterocycles. The first kappa shape index (κ1) is 17.0. The molecule has 0 heterocycles. The highest BCUT2D eigenvalue weighted by Gasteiger charge is 2.12. The molecule has 0 saturated heterocycles. The number of methoxy groups -OCH3 is 1. The van der Waals surface area contributed by atoms with Gasteiger partial charge in [-0.3, -0.25) is 4.79 Å². The van der Waals surface area contributed by atoms with Crippen LogP contribution in [-0.2, 0) is 11.3 Å². The van der Waals surface area contributed by atoms with Crippen molar-refractivity contribution in [2.24, 2.45) is 0 Å². The number of rotatable bonds is 7. The second kappa shape index (κ2) is 8.34. The summed E-state index contributed by atoms with van der Waals surface area (Å²) in [6.45, 7) is 3.50. The first-order chi connectivity index (χ1) is 11.1. The number of para-hydroxylation sites is 1. The first-order valence-electron chi connectivity index (χ1n) is 7.63. The fourth-order valence-corrected chi connectivity index (χ4v) is 2.29. The molecule has 2 aromatic carbocycles. The van der Waals surface area contributed by atoms with Gasteiger partial charge in [0, 0.05) is 19.7 Å². The minimum Gasteiger partial charge on any atom is -0.491 e. The van der Waals surface area contributed by atoms with Crippen LogP contribution in [0.3, 0.4) is 0 Å². The van der Waals surface area contributed by atoms with Gasteiger partial charge in [-0.15, -0.1) is 0 Å². The summed E-state index contributed by atoms with van der Waals surface area (Å²) >= 11 is 0. The highest BCUT2D eigenvalue weighted by Crippen LogP contribution is 2.16. The van der Waals surface area contributed by atoms with Crippen molar-refractivity contribution in [3.8, 4) is 5.75 Å². The number of hydrogen-bond donors (Lipinski definition) is 0. The minimum atomic E-state index is -0.0173. The van der Waals surface area contributed by atoms with Gasteiger partial charge in [-0.05, 0) is 36.2 Å². The third kappa shape index (κ3) is 4.83. The van der Waals surface area contributed by atoms with Crippen LogP contribution >= 0.6 is 0 Å². The lowest BCUT2D eigenvalue weighted by atomic mass is 10.1. The quantitative estimate of drug-likeness (QED) is 0.787. The lowest BCUT2D eigenvalue weighted by molar-refractivity contribution is 0.0773. The van der Waals surface area contributed by atoms with E-state index in [0.717, 1.165) is 16.9 Å². The predicted octanol–water partition coefficient (Wildman–Crippen LogP) is 3.29. The third-order valence-electron chi connectivity index (χ3n) is 3.61. The van der Waals surface area contributed by atoms with Crippen molar-refractivity contribution < 1.29 is 14.3 Å². The van der Waals surface area contributed by atoms with Gasteiger partial charge in [0.2, 0.25) is 0 Å². The molecule has 0 aliphatic heterocycles. The molecule has 4 heteroatoms. The third-order valence-corrected chi connectivity index (χ3v) is 3.61. The van der Waals surface area contributed by atoms with Crippen molar-refractivity contribution in [2.45, 2.75) is 13.5 Å². The van der Waals surface area contributed by atoms with Crippen LogP contribution in [0.2, 0.25) is 0 Å². The molecule has 0 spiro atoms. The van der Waals surface area contributed by atoms with Crippen molar-refractivity contribution in [1.82, 2.24) is 4.90 Å². The predicted molar refractivity (Wildman–Crippen MR) is 90.8 cm³/mol. The van der Waals surface area contributed by atoms with E-state index in [1.54, 1.807) is 19.1 Å². The van der Waals surface area contributed by atoms with Gasteiger partial charge in [0.1, 0.15) is 12.4 Å². The number of nitrogens with zero attached hydrogens (tertiary/aromatic N) is 1. The van der Waals surface area contributed by atoms with E-state index in [2.05, 4.69) is 0 Å². The van der Waals surface area contributed by atoms with E-state index in [4.69, 9.17) is 9.47 Å². The number of aryl methyl sites for hydroxylation is 1. The lowest BCUT2D eigenvalue weighted by Gasteiger charge is -2.18. The minimum absolute atomic E-state index is 0.0173. The van der Waals surface area contributed by atoms with Crippen molar-refractivity contribution in [2.75, 3.05) is 27.3 Å². The molecular weight excluding hydrogens is 290 g/mol. The van der Waals surface area contributed by atoms with Gasteiger partial charge in [-0.1, -0.05) is 30.3 Å². The fourth-order valence-electron chi connectivity index (χ4n) is 2.29. The number of likely N-dealkylation sites (N-methyl/N-ethyl adjacent to an activating group) is 1. The summed E-state index contributed by atoms with van der Waals surface area (Å²) in [5.74, 6) is 0.840. The molecule has 0 radical (unpaired) electrons. The molecule has 1 amide bonds. The van der Waals surface area contributed by atoms with Crippen molar-refractivity contribution in [1.29, 1.82) is 0 Å². The first-order valence-corrected chi connectivity index (χ1v) is 7.63. The van der Waals surface area contributed by atoms with E-state index in [0.29, 0.717) is 25.3 Å². The van der Waals surface area contributed by atoms with E-state index in [1.807, 2.05) is 55.5 Å². The Morgan fingerprint density at radius 1 is 1.13 bits per heavy atom. The molecule has 0 atom stereocenters. The summed E-state index contributed by atoms with van der Waals surface area (Å²) in [6, 6.07) is 15.4. The van der Waals surface area contributed by atoms with Crippen LogP contribution in [0.5, 0.6) is 5.75 Å². The summed E-state index contributed by atoms with van der Waals surface area (Å²) in [5, 5.41) is 0. The maximum absolute atomic E-state index is 12.4. The summed E-state index contributed by atoms with van der Waals surface area (Å²) in [6.07, 6.45) is 0. The van der Waals surface area contributed by atoms with Gasteiger partial charge in [-0.25, -0.2) is 0 Å². The van der Waals surface area contributed by atoms with Crippen molar-refractivity contribution in [3.63, 3.8) is 0 Å². The Bertz CT molecular complexity index is 655. The molecular formula is C19H23NO3. The standard InChI is InChI=1S/C19H23NO3/c1-15-7-4-5-10-18(15)23-12-11-20(2)19(21)17-9-6-8-16(13-17)14-22-3/h4-10,13H,11-12,14H2,1-3H3. The molecule has 0 bridgehead atoms. The molecule has 0 N–H and O–H groups in total. The highest BCUT2D eigenvalue weighted by atomic mass is 16.5. The zero-order valence-corrected chi connectivity index (χ0v) is 13.9. The summed E-state index contributed by atoms with van der Waals surface area (Å²) in [5.41, 5.74) is 2.74. The summed E-state index contributed by atoms with van der Waals surface area (Å²) < 4.78 is 10.8. The topological polar surface area (TPSA) is 38.8 Å². The van der Waals surface area contributed by atoms with Crippen LogP contribution in [0.1, 0.15) is 21.5 Å². The van der Waals surface area contributed by atoms with Crippen LogP contribution in [0.4, 0.5) is 0 Å². The Morgan fingerprint density at radius 2 is 1.91 bits per heavy atom. The van der Waals surface area contributed by atoms with Crippen LogP contribution in [-0.4, -0.2) is 38.1 Å². The van der Waals surface area contributed by atoms with Crippen LogP contribution in [0.15, 0.2) is 48.5 Å². The molecule has 122 valence electrons. The zero-order valence-electron chi connectivity index (χ0n) is 13.9. The fraction of sp³-hybridized carbons (Fsp3) is 0.316. The van der Waals surface area contributed by atoms with E-state index in [1.165, 1.54) is 0 Å². The second-order valence-electron chi connectivity index (χ2n) is 5.47. The van der Waals surface area contributed by atoms with Crippen LogP contribution in [0.25, 0.3) is 0 Å². The molecule has 0 saturated carbocycles. The van der Waals surface area contributed by atoms with Gasteiger partial charge in [0.05, 0.1) is 13.2 Å². The van der Waals surface area contributed by atoms with Gasteiger partial charge >= 0.3 is 0 Å². The molecule has 0 aliphatic rings. The Kier molecular flexibility index (Phi) is 6.18. The largest absolute Gasteiger partial charge is 0.491 e. The van der Waals surface area contributed by atoms with Crippen molar-refractivity contribution >= 4 is 5.91 Å². The van der Waals surface area contributed by atoms with Crippen LogP contribution in [0, 0.1) is 6.92 Å². The smallest absolute Gasteiger partial charge is 0.253 e. The average Bonchev–Trinajstić information content (AvgIpc) is 2.56. The number of carbonyl (C=O) groups is 1. The van der Waals surface area contributed by atoms with Gasteiger partial charge in [0.15, 0.2) is 0 Å². The van der Waals surface area contributed by atoms with Gasteiger partial charge < -0.3 is 14.4 Å². The zero-order chi connectivity index (χ0) is 16.7. The lowest BCUT2D eigenvalue weighted by Crippen LogP contribution is -2.31. The normalized spacial score (nSPS) is 10.4. The Labute approximate surface area is 137 Å². The molecule has 2 aromatic rings. The average molecular weight is 313 g/mol. The molecule has 0 aliphatic carbocycles. The molecule has 0 unspecified atom stereocenters. The summed E-state index contributed by atoms with van der Waals surface area (Å²) in [7, 11) is 3.43. The Balaban J connectivity index is 1.90. The van der Waals surface area contributed by atoms with E-state index >= 15 is 0 Å². The molecule has 4 nitrogen and oxygen atoms in total. The van der Waals surface area contributed by atoms with E-state index in [-0.39, 0.29) is 5.91 Å². The van der Waals surface area contributed by atoms with Gasteiger partial charge in [-0.2, -0.15) is 0 Å². The monoisotopic (exact) mass is 313 g/mol. The molecule has 0 fully saturated rings. The maximum atomic E-state index is 12.4. The van der Waals surface area contributed by atoms with Crippen LogP contribution < -0.4 is 4.74 Å². The SMILES string of the molecule is COCc1cccc(C(=O)N(C)CCOc2ccccc2C)c1. The second-order valence-corrected chi connectivity index (χ2v) is 5.47. The van der Waals surface area contributed by atoms with Gasteiger partial charge in [0.25, 0.3) is 5.91 Å². The highest BCUT2D eigenvalue weighted by molar-refractivity contribution is 5.94. The maximum Gasteiger partial charge on any atom is 0.253 e. The number of hydrogen-bond acceptors (Lipinski definition) is 3. The number of ether oxygens (including phenoxy) is 2. The molecule has 23 heavy (non-hydrogen) atoms. The van der Waals surface area contributed by atoms with E-state index in [9.17, 15) is 4.79 Å². The Morgan fingerprint density at radius 3 is 2.65 bits per heavy atom. The number of amides is 1. The van der Waals surface area contributed by atoms with E-state index < -0.39 is 0 Å². The van der Waals surface area contributed by atoms with Crippen molar-refractivity contribution in [3.05, 3.63) is 65.2 Å².